The molecular weight excluding hydrogens is 230 g/mol. The van der Waals surface area contributed by atoms with Crippen LogP contribution in [0.15, 0.2) is 29.6 Å². The number of aliphatic hydroxyl groups is 1. The van der Waals surface area contributed by atoms with E-state index in [1.165, 1.54) is 4.88 Å². The maximum atomic E-state index is 10.1. The first-order chi connectivity index (χ1) is 8.15. The molecule has 0 aliphatic rings. The fourth-order valence-electron chi connectivity index (χ4n) is 1.96. The lowest BCUT2D eigenvalue weighted by atomic mass is 10.0. The van der Waals surface area contributed by atoms with Crippen LogP contribution in [0.25, 0.3) is 0 Å². The van der Waals surface area contributed by atoms with Crippen molar-refractivity contribution < 1.29 is 5.11 Å². The molecule has 0 radical (unpaired) electrons. The lowest BCUT2D eigenvalue weighted by molar-refractivity contribution is 0.168. The number of hydrogen-bond acceptors (Lipinski definition) is 3. The first kappa shape index (κ1) is 12.3. The van der Waals surface area contributed by atoms with E-state index in [9.17, 15) is 5.11 Å². The largest absolute Gasteiger partial charge is 0.388 e. The highest BCUT2D eigenvalue weighted by Gasteiger charge is 2.09. The summed E-state index contributed by atoms with van der Waals surface area (Å²) in [5, 5.41) is 12.2. The molecule has 0 amide bonds. The van der Waals surface area contributed by atoms with Crippen molar-refractivity contribution in [3.63, 3.8) is 0 Å². The minimum atomic E-state index is -0.391. The van der Waals surface area contributed by atoms with Crippen LogP contribution in [0.1, 0.15) is 34.4 Å². The number of hydrogen-bond donors (Lipinski definition) is 1. The summed E-state index contributed by atoms with van der Waals surface area (Å²) in [5.41, 5.74) is 2.91. The van der Waals surface area contributed by atoms with Gasteiger partial charge in [-0.25, -0.2) is 0 Å². The molecule has 2 aromatic heterocycles. The summed E-state index contributed by atoms with van der Waals surface area (Å²) >= 11 is 1.74. The van der Waals surface area contributed by atoms with E-state index < -0.39 is 6.10 Å². The number of aliphatic hydroxyl groups excluding tert-OH is 1. The van der Waals surface area contributed by atoms with E-state index in [0.29, 0.717) is 0 Å². The zero-order chi connectivity index (χ0) is 12.3. The maximum Gasteiger partial charge on any atom is 0.0794 e. The van der Waals surface area contributed by atoms with E-state index in [2.05, 4.69) is 16.4 Å². The molecule has 0 spiro atoms. The van der Waals surface area contributed by atoms with Gasteiger partial charge >= 0.3 is 0 Å². The molecule has 0 saturated heterocycles. The summed E-state index contributed by atoms with van der Waals surface area (Å²) in [4.78, 5) is 5.64. The van der Waals surface area contributed by atoms with Gasteiger partial charge < -0.3 is 5.11 Å². The van der Waals surface area contributed by atoms with Crippen LogP contribution >= 0.6 is 11.3 Å². The number of rotatable bonds is 4. The Bertz CT molecular complexity index is 459. The minimum Gasteiger partial charge on any atom is -0.388 e. The quantitative estimate of drug-likeness (QED) is 0.898. The number of nitrogens with zero attached hydrogens (tertiary/aromatic N) is 1. The normalized spacial score (nSPS) is 12.6. The van der Waals surface area contributed by atoms with Crippen molar-refractivity contribution in [1.29, 1.82) is 0 Å². The molecular formula is C14H17NOS. The molecule has 0 aromatic carbocycles. The molecule has 3 heteroatoms. The summed E-state index contributed by atoms with van der Waals surface area (Å²) < 4.78 is 0. The fraction of sp³-hybridized carbons (Fsp3) is 0.357. The average Bonchev–Trinajstić information content (AvgIpc) is 2.77. The van der Waals surface area contributed by atoms with Gasteiger partial charge in [-0.1, -0.05) is 6.07 Å². The number of aromatic nitrogens is 1. The Morgan fingerprint density at radius 3 is 2.59 bits per heavy atom. The van der Waals surface area contributed by atoms with Gasteiger partial charge in [0.25, 0.3) is 0 Å². The van der Waals surface area contributed by atoms with Crippen molar-refractivity contribution >= 4 is 11.3 Å². The van der Waals surface area contributed by atoms with Crippen LogP contribution in [-0.2, 0) is 6.42 Å². The van der Waals surface area contributed by atoms with Crippen LogP contribution in [0.3, 0.4) is 0 Å². The Morgan fingerprint density at radius 1 is 1.29 bits per heavy atom. The van der Waals surface area contributed by atoms with Crippen LogP contribution in [0.4, 0.5) is 0 Å². The first-order valence-electron chi connectivity index (χ1n) is 5.81. The molecule has 0 aliphatic carbocycles. The van der Waals surface area contributed by atoms with Crippen molar-refractivity contribution in [2.45, 2.75) is 32.8 Å². The molecule has 2 aromatic rings. The van der Waals surface area contributed by atoms with Gasteiger partial charge in [0, 0.05) is 16.3 Å². The third-order valence-corrected chi connectivity index (χ3v) is 3.67. The molecule has 0 bridgehead atoms. The van der Waals surface area contributed by atoms with Gasteiger partial charge in [-0.05, 0) is 55.8 Å². The Balaban J connectivity index is 2.01. The van der Waals surface area contributed by atoms with E-state index in [1.54, 1.807) is 11.3 Å². The number of aryl methyl sites for hydroxylation is 3. The molecule has 1 N–H and O–H groups in total. The average molecular weight is 247 g/mol. The molecule has 1 atom stereocenters. The van der Waals surface area contributed by atoms with Crippen molar-refractivity contribution in [2.75, 3.05) is 0 Å². The van der Waals surface area contributed by atoms with Crippen LogP contribution in [-0.4, -0.2) is 10.1 Å². The molecule has 1 unspecified atom stereocenters. The lowest BCUT2D eigenvalue weighted by Gasteiger charge is -2.11. The summed E-state index contributed by atoms with van der Waals surface area (Å²) in [6.07, 6.45) is 1.31. The highest BCUT2D eigenvalue weighted by molar-refractivity contribution is 7.09. The van der Waals surface area contributed by atoms with Gasteiger partial charge in [0.2, 0.25) is 0 Å². The molecule has 0 saturated carbocycles. The lowest BCUT2D eigenvalue weighted by Crippen LogP contribution is -2.01. The summed E-state index contributed by atoms with van der Waals surface area (Å²) in [6.45, 7) is 3.92. The molecule has 2 heterocycles. The van der Waals surface area contributed by atoms with E-state index in [0.717, 1.165) is 29.8 Å². The Kier molecular flexibility index (Phi) is 3.92. The van der Waals surface area contributed by atoms with Gasteiger partial charge in [0.15, 0.2) is 0 Å². The third-order valence-electron chi connectivity index (χ3n) is 2.73. The van der Waals surface area contributed by atoms with E-state index in [1.807, 2.05) is 32.0 Å². The number of thiophene rings is 1. The highest BCUT2D eigenvalue weighted by Crippen LogP contribution is 2.21. The second-order valence-corrected chi connectivity index (χ2v) is 5.35. The molecule has 2 nitrogen and oxygen atoms in total. The third kappa shape index (κ3) is 3.38. The summed E-state index contributed by atoms with van der Waals surface area (Å²) in [6, 6.07) is 8.09. The topological polar surface area (TPSA) is 33.1 Å². The van der Waals surface area contributed by atoms with E-state index in [4.69, 9.17) is 0 Å². The zero-order valence-electron chi connectivity index (χ0n) is 10.2. The molecule has 90 valence electrons. The van der Waals surface area contributed by atoms with Gasteiger partial charge in [-0.15, -0.1) is 11.3 Å². The second-order valence-electron chi connectivity index (χ2n) is 4.32. The van der Waals surface area contributed by atoms with E-state index >= 15 is 0 Å². The first-order valence-corrected chi connectivity index (χ1v) is 6.69. The minimum absolute atomic E-state index is 0.391. The van der Waals surface area contributed by atoms with Crippen molar-refractivity contribution in [3.8, 4) is 0 Å². The monoisotopic (exact) mass is 247 g/mol. The SMILES string of the molecule is Cc1cc(C(O)CCc2cccs2)cc(C)n1. The Hall–Kier alpha value is -1.19. The summed E-state index contributed by atoms with van der Waals surface area (Å²) in [5.74, 6) is 0. The van der Waals surface area contributed by atoms with Gasteiger partial charge in [0.1, 0.15) is 0 Å². The maximum absolute atomic E-state index is 10.1. The van der Waals surface area contributed by atoms with Crippen molar-refractivity contribution in [3.05, 3.63) is 51.5 Å². The van der Waals surface area contributed by atoms with Crippen LogP contribution in [0.2, 0.25) is 0 Å². The van der Waals surface area contributed by atoms with Crippen LogP contribution < -0.4 is 0 Å². The van der Waals surface area contributed by atoms with Gasteiger partial charge in [-0.3, -0.25) is 4.98 Å². The van der Waals surface area contributed by atoms with Gasteiger partial charge in [-0.2, -0.15) is 0 Å². The molecule has 0 fully saturated rings. The predicted molar refractivity (Wildman–Crippen MR) is 71.3 cm³/mol. The fourth-order valence-corrected chi connectivity index (χ4v) is 2.68. The van der Waals surface area contributed by atoms with Gasteiger partial charge in [0.05, 0.1) is 6.10 Å². The van der Waals surface area contributed by atoms with Crippen molar-refractivity contribution in [2.24, 2.45) is 0 Å². The highest BCUT2D eigenvalue weighted by atomic mass is 32.1. The zero-order valence-corrected chi connectivity index (χ0v) is 11.0. The van der Waals surface area contributed by atoms with Crippen molar-refractivity contribution in [1.82, 2.24) is 4.98 Å². The second kappa shape index (κ2) is 5.43. The smallest absolute Gasteiger partial charge is 0.0794 e. The summed E-state index contributed by atoms with van der Waals surface area (Å²) in [7, 11) is 0. The number of pyridine rings is 1. The molecule has 0 aliphatic heterocycles. The molecule has 2 rings (SSSR count). The van der Waals surface area contributed by atoms with E-state index in [-0.39, 0.29) is 0 Å². The predicted octanol–water partition coefficient (Wildman–Crippen LogP) is 3.43. The molecule has 17 heavy (non-hydrogen) atoms. The standard InChI is InChI=1S/C14H17NOS/c1-10-8-12(9-11(2)15-10)14(16)6-5-13-4-3-7-17-13/h3-4,7-9,14,16H,5-6H2,1-2H3. The Labute approximate surface area is 106 Å². The Morgan fingerprint density at radius 2 is 2.00 bits per heavy atom. The van der Waals surface area contributed by atoms with Crippen LogP contribution in [0, 0.1) is 13.8 Å². The van der Waals surface area contributed by atoms with Crippen LogP contribution in [0.5, 0.6) is 0 Å².